The number of benzene rings is 1. The van der Waals surface area contributed by atoms with Crippen molar-refractivity contribution in [2.45, 2.75) is 18.9 Å². The molecular weight excluding hydrogens is 294 g/mol. The van der Waals surface area contributed by atoms with Crippen LogP contribution in [0.1, 0.15) is 18.4 Å². The van der Waals surface area contributed by atoms with E-state index in [2.05, 4.69) is 10.5 Å². The van der Waals surface area contributed by atoms with Crippen LogP contribution >= 0.6 is 0 Å². The van der Waals surface area contributed by atoms with Gasteiger partial charge in [0.15, 0.2) is 5.84 Å². The van der Waals surface area contributed by atoms with Crippen molar-refractivity contribution in [1.29, 1.82) is 0 Å². The molecule has 1 rings (SSSR count). The van der Waals surface area contributed by atoms with Gasteiger partial charge in [-0.1, -0.05) is 35.5 Å². The molecule has 0 aliphatic carbocycles. The first-order chi connectivity index (χ1) is 9.74. The van der Waals surface area contributed by atoms with Gasteiger partial charge in [-0.15, -0.1) is 0 Å². The lowest BCUT2D eigenvalue weighted by atomic mass is 9.97. The highest BCUT2D eigenvalue weighted by Gasteiger charge is 2.26. The maximum absolute atomic E-state index is 12.3. The van der Waals surface area contributed by atoms with Crippen molar-refractivity contribution in [3.63, 3.8) is 0 Å². The SMILES string of the molecule is CC(CS(C)(=O)=O)NC(=O)C(C(N)=NO)c1ccccc1. The molecule has 4 N–H and O–H groups in total. The Labute approximate surface area is 123 Å². The van der Waals surface area contributed by atoms with E-state index in [-0.39, 0.29) is 11.6 Å². The van der Waals surface area contributed by atoms with Crippen LogP contribution in [0.5, 0.6) is 0 Å². The first-order valence-electron chi connectivity index (χ1n) is 6.25. The van der Waals surface area contributed by atoms with Crippen molar-refractivity contribution >= 4 is 21.6 Å². The number of amidine groups is 1. The topological polar surface area (TPSA) is 122 Å². The maximum atomic E-state index is 12.3. The Morgan fingerprint density at radius 3 is 2.43 bits per heavy atom. The zero-order valence-electron chi connectivity index (χ0n) is 11.9. The van der Waals surface area contributed by atoms with Gasteiger partial charge in [0.05, 0.1) is 5.75 Å². The average Bonchev–Trinajstić information content (AvgIpc) is 2.37. The van der Waals surface area contributed by atoms with Gasteiger partial charge >= 0.3 is 0 Å². The number of carbonyl (C=O) groups excluding carboxylic acids is 1. The standard InChI is InChI=1S/C13H19N3O4S/c1-9(8-21(2,19)20)15-13(17)11(12(14)16-18)10-6-4-3-5-7-10/h3-7,9,11,18H,8H2,1-2H3,(H2,14,16)(H,15,17). The Morgan fingerprint density at radius 1 is 1.38 bits per heavy atom. The van der Waals surface area contributed by atoms with Gasteiger partial charge in [-0.25, -0.2) is 8.42 Å². The Morgan fingerprint density at radius 2 is 1.95 bits per heavy atom. The molecule has 0 saturated carbocycles. The number of sulfone groups is 1. The van der Waals surface area contributed by atoms with Gasteiger partial charge in [0, 0.05) is 12.3 Å². The van der Waals surface area contributed by atoms with Crippen LogP contribution in [0, 0.1) is 0 Å². The Bertz CT molecular complexity index is 614. The summed E-state index contributed by atoms with van der Waals surface area (Å²) in [5.41, 5.74) is 6.13. The Balaban J connectivity index is 2.93. The first kappa shape index (κ1) is 17.0. The summed E-state index contributed by atoms with van der Waals surface area (Å²) < 4.78 is 22.4. The molecule has 0 aromatic heterocycles. The van der Waals surface area contributed by atoms with E-state index in [9.17, 15) is 13.2 Å². The summed E-state index contributed by atoms with van der Waals surface area (Å²) in [5, 5.41) is 14.3. The molecule has 1 aromatic carbocycles. The zero-order chi connectivity index (χ0) is 16.0. The fourth-order valence-corrected chi connectivity index (χ4v) is 2.97. The molecule has 0 heterocycles. The van der Waals surface area contributed by atoms with Crippen LogP contribution < -0.4 is 11.1 Å². The molecule has 2 atom stereocenters. The molecule has 0 bridgehead atoms. The summed E-state index contributed by atoms with van der Waals surface area (Å²) in [6.45, 7) is 1.58. The van der Waals surface area contributed by atoms with Crippen molar-refractivity contribution in [3.05, 3.63) is 35.9 Å². The van der Waals surface area contributed by atoms with Crippen LogP contribution in [0.3, 0.4) is 0 Å². The zero-order valence-corrected chi connectivity index (χ0v) is 12.7. The summed E-state index contributed by atoms with van der Waals surface area (Å²) in [6, 6.07) is 7.98. The van der Waals surface area contributed by atoms with E-state index >= 15 is 0 Å². The highest BCUT2D eigenvalue weighted by atomic mass is 32.2. The highest BCUT2D eigenvalue weighted by Crippen LogP contribution is 2.16. The molecule has 116 valence electrons. The molecule has 0 saturated heterocycles. The maximum Gasteiger partial charge on any atom is 0.235 e. The van der Waals surface area contributed by atoms with E-state index in [1.54, 1.807) is 37.3 Å². The quantitative estimate of drug-likeness (QED) is 0.297. The van der Waals surface area contributed by atoms with Gasteiger partial charge in [-0.05, 0) is 12.5 Å². The van der Waals surface area contributed by atoms with E-state index < -0.39 is 27.7 Å². The van der Waals surface area contributed by atoms with Gasteiger partial charge in [-0.3, -0.25) is 4.79 Å². The third-order valence-electron chi connectivity index (χ3n) is 2.75. The molecule has 7 nitrogen and oxygen atoms in total. The Hall–Kier alpha value is -2.09. The molecule has 2 unspecified atom stereocenters. The molecule has 0 radical (unpaired) electrons. The van der Waals surface area contributed by atoms with Crippen molar-refractivity contribution in [3.8, 4) is 0 Å². The lowest BCUT2D eigenvalue weighted by molar-refractivity contribution is -0.121. The number of hydrogen-bond donors (Lipinski definition) is 3. The highest BCUT2D eigenvalue weighted by molar-refractivity contribution is 7.90. The van der Waals surface area contributed by atoms with Gasteiger partial charge in [-0.2, -0.15) is 0 Å². The predicted molar refractivity (Wildman–Crippen MR) is 79.9 cm³/mol. The molecule has 0 aliphatic heterocycles. The van der Waals surface area contributed by atoms with Crippen LogP contribution in [-0.4, -0.2) is 43.4 Å². The molecule has 21 heavy (non-hydrogen) atoms. The summed E-state index contributed by atoms with van der Waals surface area (Å²) in [5.74, 6) is -1.94. The normalized spacial score (nSPS) is 15.2. The van der Waals surface area contributed by atoms with E-state index in [0.29, 0.717) is 5.56 Å². The lowest BCUT2D eigenvalue weighted by Gasteiger charge is -2.19. The van der Waals surface area contributed by atoms with Crippen molar-refractivity contribution < 1.29 is 18.4 Å². The molecule has 0 aliphatic rings. The monoisotopic (exact) mass is 313 g/mol. The molecule has 1 amide bonds. The van der Waals surface area contributed by atoms with E-state index in [0.717, 1.165) is 6.26 Å². The largest absolute Gasteiger partial charge is 0.409 e. The number of carbonyl (C=O) groups is 1. The second kappa shape index (κ2) is 7.07. The minimum atomic E-state index is -3.21. The number of nitrogens with zero attached hydrogens (tertiary/aromatic N) is 1. The third kappa shape index (κ3) is 5.42. The van der Waals surface area contributed by atoms with Crippen molar-refractivity contribution in [1.82, 2.24) is 5.32 Å². The van der Waals surface area contributed by atoms with Gasteiger partial charge in [0.2, 0.25) is 5.91 Å². The number of nitrogens with two attached hydrogens (primary N) is 1. The second-order valence-corrected chi connectivity index (χ2v) is 7.06. The fraction of sp³-hybridized carbons (Fsp3) is 0.385. The van der Waals surface area contributed by atoms with Gasteiger partial charge in [0.1, 0.15) is 15.8 Å². The lowest BCUT2D eigenvalue weighted by Crippen LogP contribution is -2.43. The molecular formula is C13H19N3O4S. The van der Waals surface area contributed by atoms with E-state index in [4.69, 9.17) is 10.9 Å². The van der Waals surface area contributed by atoms with Gasteiger partial charge < -0.3 is 16.3 Å². The number of nitrogens with one attached hydrogen (secondary N) is 1. The number of rotatable bonds is 6. The summed E-state index contributed by atoms with van der Waals surface area (Å²) in [7, 11) is -3.21. The van der Waals surface area contributed by atoms with Crippen molar-refractivity contribution in [2.24, 2.45) is 10.9 Å². The number of amides is 1. The summed E-state index contributed by atoms with van der Waals surface area (Å²) >= 11 is 0. The number of oxime groups is 1. The summed E-state index contributed by atoms with van der Waals surface area (Å²) in [4.78, 5) is 12.3. The first-order valence-corrected chi connectivity index (χ1v) is 8.31. The van der Waals surface area contributed by atoms with E-state index in [1.807, 2.05) is 0 Å². The Kier molecular flexibility index (Phi) is 5.71. The average molecular weight is 313 g/mol. The molecule has 0 fully saturated rings. The van der Waals surface area contributed by atoms with Gasteiger partial charge in [0.25, 0.3) is 0 Å². The van der Waals surface area contributed by atoms with Crippen molar-refractivity contribution in [2.75, 3.05) is 12.0 Å². The molecule has 1 aromatic rings. The van der Waals surface area contributed by atoms with Crippen LogP contribution in [0.2, 0.25) is 0 Å². The minimum absolute atomic E-state index is 0.184. The van der Waals surface area contributed by atoms with E-state index in [1.165, 1.54) is 0 Å². The van der Waals surface area contributed by atoms with Crippen LogP contribution in [0.4, 0.5) is 0 Å². The smallest absolute Gasteiger partial charge is 0.235 e. The number of hydrogen-bond acceptors (Lipinski definition) is 5. The second-order valence-electron chi connectivity index (χ2n) is 4.87. The predicted octanol–water partition coefficient (Wildman–Crippen LogP) is 0.0659. The van der Waals surface area contributed by atoms with Crippen LogP contribution in [0.25, 0.3) is 0 Å². The third-order valence-corrected chi connectivity index (χ3v) is 3.85. The molecule has 8 heteroatoms. The fourth-order valence-electron chi connectivity index (χ4n) is 1.98. The minimum Gasteiger partial charge on any atom is -0.409 e. The van der Waals surface area contributed by atoms with Crippen LogP contribution in [-0.2, 0) is 14.6 Å². The summed E-state index contributed by atoms with van der Waals surface area (Å²) in [6.07, 6.45) is 1.09. The molecule has 0 spiro atoms. The van der Waals surface area contributed by atoms with Crippen LogP contribution in [0.15, 0.2) is 35.5 Å².